The average Bonchev–Trinajstić information content (AvgIpc) is 3.17. The van der Waals surface area contributed by atoms with Crippen LogP contribution < -0.4 is 14.8 Å². The van der Waals surface area contributed by atoms with E-state index in [2.05, 4.69) is 52.8 Å². The average molecular weight is 409 g/mol. The summed E-state index contributed by atoms with van der Waals surface area (Å²) in [6.07, 6.45) is 0. The molecule has 0 saturated heterocycles. The molecule has 0 aliphatic rings. The van der Waals surface area contributed by atoms with Gasteiger partial charge in [0.15, 0.2) is 0 Å². The highest BCUT2D eigenvalue weighted by Crippen LogP contribution is 2.32. The summed E-state index contributed by atoms with van der Waals surface area (Å²) in [5.74, 6) is 2.50. The van der Waals surface area contributed by atoms with E-state index in [4.69, 9.17) is 9.47 Å². The fraction of sp³-hybridized carbons (Fsp3) is 0.111. The third-order valence-corrected chi connectivity index (χ3v) is 5.24. The first kappa shape index (κ1) is 19.2. The van der Waals surface area contributed by atoms with Crippen LogP contribution in [0, 0.1) is 0 Å². The minimum atomic E-state index is 0.619. The van der Waals surface area contributed by atoms with Crippen LogP contribution in [0.2, 0.25) is 0 Å². The van der Waals surface area contributed by atoms with Crippen molar-refractivity contribution in [3.05, 3.63) is 103 Å². The molecule has 0 fully saturated rings. The maximum absolute atomic E-state index is 5.96. The van der Waals surface area contributed by atoms with Crippen LogP contribution >= 0.6 is 0 Å². The Labute approximate surface area is 181 Å². The number of hydrogen-bond acceptors (Lipinski definition) is 3. The molecule has 5 rings (SSSR count). The van der Waals surface area contributed by atoms with Gasteiger partial charge < -0.3 is 19.8 Å². The van der Waals surface area contributed by atoms with Gasteiger partial charge in [-0.25, -0.2) is 0 Å². The van der Waals surface area contributed by atoms with E-state index in [-0.39, 0.29) is 0 Å². The molecular weight excluding hydrogens is 384 g/mol. The van der Waals surface area contributed by atoms with E-state index in [0.29, 0.717) is 6.61 Å². The summed E-state index contributed by atoms with van der Waals surface area (Å²) in [4.78, 5) is 3.49. The van der Waals surface area contributed by atoms with Crippen molar-refractivity contribution in [3.63, 3.8) is 0 Å². The van der Waals surface area contributed by atoms with Crippen LogP contribution in [0.25, 0.3) is 21.8 Å². The Morgan fingerprint density at radius 3 is 2.03 bits per heavy atom. The van der Waals surface area contributed by atoms with Gasteiger partial charge in [0.05, 0.1) is 11.0 Å². The van der Waals surface area contributed by atoms with E-state index in [9.17, 15) is 0 Å². The van der Waals surface area contributed by atoms with Gasteiger partial charge in [-0.1, -0.05) is 48.5 Å². The number of hydrogen-bond donors (Lipinski definition) is 2. The molecule has 0 aliphatic heterocycles. The van der Waals surface area contributed by atoms with Crippen LogP contribution in [0.3, 0.4) is 0 Å². The van der Waals surface area contributed by atoms with Crippen molar-refractivity contribution in [1.29, 1.82) is 0 Å². The first-order valence-electron chi connectivity index (χ1n) is 10.5. The number of benzene rings is 4. The van der Waals surface area contributed by atoms with E-state index in [1.54, 1.807) is 0 Å². The fourth-order valence-electron chi connectivity index (χ4n) is 3.72. The molecule has 4 aromatic carbocycles. The molecule has 0 aliphatic carbocycles. The predicted molar refractivity (Wildman–Crippen MR) is 126 cm³/mol. The highest BCUT2D eigenvalue weighted by atomic mass is 16.5. The lowest BCUT2D eigenvalue weighted by Gasteiger charge is -2.08. The normalized spacial score (nSPS) is 11.1. The summed E-state index contributed by atoms with van der Waals surface area (Å²) in [7, 11) is 0. The molecule has 0 radical (unpaired) electrons. The summed E-state index contributed by atoms with van der Waals surface area (Å²) in [5, 5.41) is 5.76. The number of aromatic nitrogens is 1. The minimum absolute atomic E-state index is 0.619. The van der Waals surface area contributed by atoms with Gasteiger partial charge in [-0.05, 0) is 42.0 Å². The molecule has 4 nitrogen and oxygen atoms in total. The van der Waals surface area contributed by atoms with Crippen LogP contribution in [0.15, 0.2) is 97.1 Å². The number of H-pyrrole nitrogens is 1. The Morgan fingerprint density at radius 1 is 0.645 bits per heavy atom. The summed E-state index contributed by atoms with van der Waals surface area (Å²) < 4.78 is 11.9. The lowest BCUT2D eigenvalue weighted by molar-refractivity contribution is 0.314. The van der Waals surface area contributed by atoms with Crippen molar-refractivity contribution in [3.8, 4) is 17.2 Å². The Hall–Kier alpha value is -3.76. The molecule has 0 amide bonds. The van der Waals surface area contributed by atoms with Crippen molar-refractivity contribution >= 4 is 21.8 Å². The van der Waals surface area contributed by atoms with Crippen LogP contribution in [0.4, 0.5) is 0 Å². The second-order valence-corrected chi connectivity index (χ2v) is 7.47. The lowest BCUT2D eigenvalue weighted by atomic mass is 10.1. The van der Waals surface area contributed by atoms with Crippen molar-refractivity contribution in [2.45, 2.75) is 6.54 Å². The number of rotatable bonds is 8. The number of nitrogens with one attached hydrogen (secondary N) is 2. The maximum Gasteiger partial charge on any atom is 0.129 e. The molecule has 1 aromatic heterocycles. The Bertz CT molecular complexity index is 1280. The first-order valence-corrected chi connectivity index (χ1v) is 10.5. The topological polar surface area (TPSA) is 46.3 Å². The molecular formula is C27H24N2O2. The van der Waals surface area contributed by atoms with E-state index in [1.807, 2.05) is 54.6 Å². The van der Waals surface area contributed by atoms with Gasteiger partial charge in [0.2, 0.25) is 0 Å². The van der Waals surface area contributed by atoms with E-state index in [1.165, 1.54) is 16.3 Å². The number of fused-ring (bicyclic) bond motifs is 3. The Kier molecular flexibility index (Phi) is 5.54. The van der Waals surface area contributed by atoms with Crippen molar-refractivity contribution in [1.82, 2.24) is 10.3 Å². The van der Waals surface area contributed by atoms with Crippen molar-refractivity contribution < 1.29 is 9.47 Å². The van der Waals surface area contributed by atoms with Gasteiger partial charge in [0.25, 0.3) is 0 Å². The monoisotopic (exact) mass is 408 g/mol. The lowest BCUT2D eigenvalue weighted by Crippen LogP contribution is -2.20. The zero-order valence-electron chi connectivity index (χ0n) is 17.2. The second-order valence-electron chi connectivity index (χ2n) is 7.47. The largest absolute Gasteiger partial charge is 0.492 e. The third-order valence-electron chi connectivity index (χ3n) is 5.24. The van der Waals surface area contributed by atoms with Gasteiger partial charge in [-0.3, -0.25) is 0 Å². The van der Waals surface area contributed by atoms with Crippen molar-refractivity contribution in [2.24, 2.45) is 0 Å². The summed E-state index contributed by atoms with van der Waals surface area (Å²) in [6.45, 7) is 2.26. The number of para-hydroxylation sites is 1. The molecule has 0 unspecified atom stereocenters. The Balaban J connectivity index is 1.24. The smallest absolute Gasteiger partial charge is 0.129 e. The van der Waals surface area contributed by atoms with Crippen LogP contribution in [-0.4, -0.2) is 18.1 Å². The molecule has 0 saturated carbocycles. The molecule has 2 N–H and O–H groups in total. The molecule has 0 atom stereocenters. The van der Waals surface area contributed by atoms with Gasteiger partial charge in [-0.2, -0.15) is 0 Å². The van der Waals surface area contributed by atoms with Gasteiger partial charge >= 0.3 is 0 Å². The first-order chi connectivity index (χ1) is 15.3. The van der Waals surface area contributed by atoms with Crippen LogP contribution in [-0.2, 0) is 6.54 Å². The predicted octanol–water partition coefficient (Wildman–Crippen LogP) is 6.28. The SMILES string of the molecule is c1ccc(CNCCOc2ccc3c(c2)[nH]c2cc(Oc4ccccc4)ccc23)cc1. The molecule has 1 heterocycles. The molecule has 5 aromatic rings. The third kappa shape index (κ3) is 4.55. The summed E-state index contributed by atoms with van der Waals surface area (Å²) in [5.41, 5.74) is 3.38. The highest BCUT2D eigenvalue weighted by molar-refractivity contribution is 6.07. The number of aromatic amines is 1. The quantitative estimate of drug-likeness (QED) is 0.297. The number of ether oxygens (including phenoxy) is 2. The van der Waals surface area contributed by atoms with E-state index >= 15 is 0 Å². The Morgan fingerprint density at radius 2 is 1.29 bits per heavy atom. The van der Waals surface area contributed by atoms with Gasteiger partial charge in [-0.15, -0.1) is 0 Å². The van der Waals surface area contributed by atoms with E-state index < -0.39 is 0 Å². The summed E-state index contributed by atoms with van der Waals surface area (Å²) >= 11 is 0. The standard InChI is InChI=1S/C27H24N2O2/c1-3-7-20(8-4-1)19-28-15-16-30-22-11-13-24-25-14-12-23(18-27(25)29-26(24)17-22)31-21-9-5-2-6-10-21/h1-14,17-18,28-29H,15-16,19H2. The van der Waals surface area contributed by atoms with Crippen LogP contribution in [0.1, 0.15) is 5.56 Å². The van der Waals surface area contributed by atoms with E-state index in [0.717, 1.165) is 41.4 Å². The molecule has 31 heavy (non-hydrogen) atoms. The van der Waals surface area contributed by atoms with Crippen molar-refractivity contribution in [2.75, 3.05) is 13.2 Å². The second kappa shape index (κ2) is 8.94. The zero-order chi connectivity index (χ0) is 20.9. The van der Waals surface area contributed by atoms with Gasteiger partial charge in [0, 0.05) is 36.0 Å². The van der Waals surface area contributed by atoms with Crippen LogP contribution in [0.5, 0.6) is 17.2 Å². The zero-order valence-corrected chi connectivity index (χ0v) is 17.2. The minimum Gasteiger partial charge on any atom is -0.492 e. The molecule has 4 heteroatoms. The molecule has 154 valence electrons. The molecule has 0 spiro atoms. The van der Waals surface area contributed by atoms with Gasteiger partial charge in [0.1, 0.15) is 23.9 Å². The summed E-state index contributed by atoms with van der Waals surface area (Å²) in [6, 6.07) is 32.5. The highest BCUT2D eigenvalue weighted by Gasteiger charge is 2.07. The maximum atomic E-state index is 5.96. The fourth-order valence-corrected chi connectivity index (χ4v) is 3.72. The molecule has 0 bridgehead atoms.